The van der Waals surface area contributed by atoms with E-state index in [4.69, 9.17) is 14.0 Å². The Balaban J connectivity index is 1.02. The number of urea groups is 1. The maximum absolute atomic E-state index is 13.6. The first-order valence-corrected chi connectivity index (χ1v) is 15.5. The van der Waals surface area contributed by atoms with Gasteiger partial charge in [-0.1, -0.05) is 35.5 Å². The van der Waals surface area contributed by atoms with E-state index in [2.05, 4.69) is 38.1 Å². The Hall–Kier alpha value is -4.42. The molecule has 0 radical (unpaired) electrons. The van der Waals surface area contributed by atoms with Crippen LogP contribution < -0.4 is 20.7 Å². The topological polar surface area (TPSA) is 138 Å². The van der Waals surface area contributed by atoms with Crippen molar-refractivity contribution in [2.24, 2.45) is 0 Å². The van der Waals surface area contributed by atoms with Crippen LogP contribution in [0, 0.1) is 13.8 Å². The van der Waals surface area contributed by atoms with Gasteiger partial charge in [-0.05, 0) is 56.9 Å². The molecule has 3 aromatic rings. The third kappa shape index (κ3) is 7.12. The average Bonchev–Trinajstić information content (AvgIpc) is 3.60. The number of hydrogen-bond acceptors (Lipinski definition) is 8. The Labute approximate surface area is 262 Å². The van der Waals surface area contributed by atoms with E-state index < -0.39 is 6.03 Å². The second kappa shape index (κ2) is 13.3. The number of carbonyl (C=O) groups is 3. The van der Waals surface area contributed by atoms with Crippen molar-refractivity contribution in [3.8, 4) is 5.75 Å². The minimum Gasteiger partial charge on any atom is -0.490 e. The van der Waals surface area contributed by atoms with Crippen LogP contribution in [-0.4, -0.2) is 83.8 Å². The second-order valence-electron chi connectivity index (χ2n) is 12.1. The lowest BCUT2D eigenvalue weighted by molar-refractivity contribution is -0.134. The Bertz CT molecular complexity index is 1520. The molecule has 4 atom stereocenters. The Kier molecular flexibility index (Phi) is 9.04. The van der Waals surface area contributed by atoms with E-state index in [0.29, 0.717) is 47.0 Å². The van der Waals surface area contributed by atoms with Gasteiger partial charge in [-0.2, -0.15) is 0 Å². The number of rotatable bonds is 7. The van der Waals surface area contributed by atoms with Gasteiger partial charge in [0.1, 0.15) is 29.8 Å². The summed E-state index contributed by atoms with van der Waals surface area (Å²) in [5, 5.41) is 12.5. The van der Waals surface area contributed by atoms with Crippen LogP contribution in [0.1, 0.15) is 53.1 Å². The van der Waals surface area contributed by atoms with Crippen molar-refractivity contribution in [2.75, 3.05) is 37.4 Å². The molecule has 6 rings (SSSR count). The number of likely N-dealkylation sites (tertiary alicyclic amines) is 1. The maximum atomic E-state index is 13.6. The fourth-order valence-corrected chi connectivity index (χ4v) is 6.47. The highest BCUT2D eigenvalue weighted by atomic mass is 16.5. The molecule has 4 heterocycles. The first kappa shape index (κ1) is 30.6. The van der Waals surface area contributed by atoms with Crippen molar-refractivity contribution >= 4 is 29.2 Å². The van der Waals surface area contributed by atoms with Gasteiger partial charge in [-0.25, -0.2) is 4.79 Å². The van der Waals surface area contributed by atoms with Crippen molar-refractivity contribution in [1.82, 2.24) is 20.3 Å². The minimum atomic E-state index is -0.481. The first-order valence-electron chi connectivity index (χ1n) is 15.5. The quantitative estimate of drug-likeness (QED) is 0.361. The van der Waals surface area contributed by atoms with Crippen molar-refractivity contribution < 1.29 is 28.4 Å². The molecule has 3 aliphatic heterocycles. The molecule has 4 amide bonds. The average molecular weight is 617 g/mol. The van der Waals surface area contributed by atoms with E-state index in [0.717, 1.165) is 26.1 Å². The van der Waals surface area contributed by atoms with Crippen LogP contribution in [0.25, 0.3) is 0 Å². The van der Waals surface area contributed by atoms with Gasteiger partial charge in [0.05, 0.1) is 24.1 Å². The van der Waals surface area contributed by atoms with Crippen LogP contribution in [0.4, 0.5) is 16.2 Å². The highest BCUT2D eigenvalue weighted by molar-refractivity contribution is 6.03. The summed E-state index contributed by atoms with van der Waals surface area (Å²) in [5.41, 5.74) is 3.14. The molecule has 12 nitrogen and oxygen atoms in total. The van der Waals surface area contributed by atoms with E-state index in [1.165, 1.54) is 5.56 Å². The SMILES string of the molecule is Cc1noc(C)c1NC(=O)Nc1ccc2c(c1)C(=O)N(C)[C@H]1CC[C@@H](CC(=O)N[C@@H]3CCN(Cc4ccccc4)C3)O[C@H]1CO2. The Morgan fingerprint density at radius 3 is 2.64 bits per heavy atom. The molecule has 3 aliphatic rings. The summed E-state index contributed by atoms with van der Waals surface area (Å²) in [6.07, 6.45) is 1.94. The van der Waals surface area contributed by atoms with Crippen LogP contribution in [-0.2, 0) is 16.1 Å². The summed E-state index contributed by atoms with van der Waals surface area (Å²) >= 11 is 0. The zero-order valence-electron chi connectivity index (χ0n) is 25.9. The number of carbonyl (C=O) groups excluding carboxylic acids is 3. The number of aryl methyl sites for hydroxylation is 2. The minimum absolute atomic E-state index is 0.00929. The largest absolute Gasteiger partial charge is 0.490 e. The highest BCUT2D eigenvalue weighted by Crippen LogP contribution is 2.33. The molecule has 2 aromatic carbocycles. The fraction of sp³-hybridized carbons (Fsp3) is 0.455. The smallest absolute Gasteiger partial charge is 0.323 e. The number of ether oxygens (including phenoxy) is 2. The third-order valence-corrected chi connectivity index (χ3v) is 8.84. The molecule has 0 spiro atoms. The predicted octanol–water partition coefficient (Wildman–Crippen LogP) is 4.10. The number of fused-ring (bicyclic) bond motifs is 2. The van der Waals surface area contributed by atoms with Crippen LogP contribution >= 0.6 is 0 Å². The predicted molar refractivity (Wildman–Crippen MR) is 167 cm³/mol. The molecule has 238 valence electrons. The second-order valence-corrected chi connectivity index (χ2v) is 12.1. The molecule has 3 N–H and O–H groups in total. The fourth-order valence-electron chi connectivity index (χ4n) is 6.47. The number of benzene rings is 2. The molecule has 2 saturated heterocycles. The van der Waals surface area contributed by atoms with Gasteiger partial charge in [0.15, 0.2) is 5.76 Å². The molecule has 12 heteroatoms. The number of aromatic nitrogens is 1. The zero-order chi connectivity index (χ0) is 31.5. The van der Waals surface area contributed by atoms with Gasteiger partial charge < -0.3 is 34.8 Å². The summed E-state index contributed by atoms with van der Waals surface area (Å²) in [6, 6.07) is 14.8. The van der Waals surface area contributed by atoms with Crippen molar-refractivity contribution in [3.05, 3.63) is 71.1 Å². The molecule has 0 unspecified atom stereocenters. The summed E-state index contributed by atoms with van der Waals surface area (Å²) in [5.74, 6) is 0.671. The van der Waals surface area contributed by atoms with Crippen molar-refractivity contribution in [1.29, 1.82) is 0 Å². The summed E-state index contributed by atoms with van der Waals surface area (Å²) in [4.78, 5) is 43.3. The van der Waals surface area contributed by atoms with Crippen molar-refractivity contribution in [2.45, 2.75) is 70.4 Å². The maximum Gasteiger partial charge on any atom is 0.323 e. The monoisotopic (exact) mass is 616 g/mol. The lowest BCUT2D eigenvalue weighted by Crippen LogP contribution is -2.54. The third-order valence-electron chi connectivity index (χ3n) is 8.84. The Morgan fingerprint density at radius 2 is 1.87 bits per heavy atom. The summed E-state index contributed by atoms with van der Waals surface area (Å²) in [7, 11) is 1.76. The summed E-state index contributed by atoms with van der Waals surface area (Å²) < 4.78 is 17.6. The van der Waals surface area contributed by atoms with Crippen LogP contribution in [0.5, 0.6) is 5.75 Å². The van der Waals surface area contributed by atoms with E-state index in [9.17, 15) is 14.4 Å². The standard InChI is InChI=1S/C33H40N6O6/c1-20-31(21(2)45-37-20)36-33(42)35-23-9-12-28-26(15-23)32(41)38(3)27-11-10-25(44-29(27)19-43-28)16-30(40)34-24-13-14-39(18-24)17-22-7-5-4-6-8-22/h4-9,12,15,24-25,27,29H,10-11,13-14,16-19H2,1-3H3,(H,34,40)(H2,35,36,42)/t24-,25+,27+,29+/m1/s1. The lowest BCUT2D eigenvalue weighted by Gasteiger charge is -2.42. The lowest BCUT2D eigenvalue weighted by atomic mass is 9.94. The molecule has 45 heavy (non-hydrogen) atoms. The molecule has 0 bridgehead atoms. The molecule has 0 saturated carbocycles. The van der Waals surface area contributed by atoms with E-state index in [1.807, 2.05) is 18.2 Å². The number of likely N-dealkylation sites (N-methyl/N-ethyl adjacent to an activating group) is 1. The zero-order valence-corrected chi connectivity index (χ0v) is 25.9. The summed E-state index contributed by atoms with van der Waals surface area (Å²) in [6.45, 7) is 6.36. The molecule has 0 aliphatic carbocycles. The van der Waals surface area contributed by atoms with E-state index in [1.54, 1.807) is 44.0 Å². The Morgan fingerprint density at radius 1 is 1.04 bits per heavy atom. The van der Waals surface area contributed by atoms with E-state index >= 15 is 0 Å². The van der Waals surface area contributed by atoms with Crippen LogP contribution in [0.3, 0.4) is 0 Å². The van der Waals surface area contributed by atoms with Crippen LogP contribution in [0.2, 0.25) is 0 Å². The van der Waals surface area contributed by atoms with Gasteiger partial charge in [0.2, 0.25) is 5.91 Å². The normalized spacial score (nSPS) is 23.3. The van der Waals surface area contributed by atoms with Gasteiger partial charge in [0, 0.05) is 38.4 Å². The van der Waals surface area contributed by atoms with Gasteiger partial charge in [-0.15, -0.1) is 0 Å². The first-order chi connectivity index (χ1) is 21.7. The van der Waals surface area contributed by atoms with Gasteiger partial charge in [0.25, 0.3) is 5.91 Å². The van der Waals surface area contributed by atoms with E-state index in [-0.39, 0.29) is 49.1 Å². The van der Waals surface area contributed by atoms with Gasteiger partial charge in [-0.3, -0.25) is 14.5 Å². The number of amides is 4. The molecule has 2 fully saturated rings. The molecular weight excluding hydrogens is 576 g/mol. The number of hydrogen-bond donors (Lipinski definition) is 3. The van der Waals surface area contributed by atoms with Crippen LogP contribution in [0.15, 0.2) is 53.1 Å². The number of nitrogens with one attached hydrogen (secondary N) is 3. The molecule has 1 aromatic heterocycles. The van der Waals surface area contributed by atoms with Crippen molar-refractivity contribution in [3.63, 3.8) is 0 Å². The number of nitrogens with zero attached hydrogens (tertiary/aromatic N) is 3. The number of anilines is 2. The van der Waals surface area contributed by atoms with Gasteiger partial charge >= 0.3 is 6.03 Å². The highest BCUT2D eigenvalue weighted by Gasteiger charge is 2.39. The molecular formula is C33H40N6O6.